The molecule has 0 amide bonds. The lowest BCUT2D eigenvalue weighted by atomic mass is 9.53. The first kappa shape index (κ1) is 11.8. The smallest absolute Gasteiger partial charge is 0.0192 e. The molecule has 17 heavy (non-hydrogen) atoms. The SMILES string of the molecule is C=C(CNC12CC3CC(CC(C3)C1)C2)C(C)C. The molecule has 0 aromatic heterocycles. The van der Waals surface area contributed by atoms with Crippen LogP contribution in [0.3, 0.4) is 0 Å². The third-order valence-corrected chi connectivity index (χ3v) is 5.55. The van der Waals surface area contributed by atoms with Crippen molar-refractivity contribution < 1.29 is 0 Å². The lowest BCUT2D eigenvalue weighted by Gasteiger charge is -2.57. The Morgan fingerprint density at radius 2 is 1.59 bits per heavy atom. The quantitative estimate of drug-likeness (QED) is 0.729. The molecule has 0 heterocycles. The van der Waals surface area contributed by atoms with Crippen LogP contribution in [0.1, 0.15) is 52.4 Å². The van der Waals surface area contributed by atoms with E-state index in [1.807, 2.05) is 0 Å². The minimum atomic E-state index is 0.507. The Labute approximate surface area is 106 Å². The second kappa shape index (κ2) is 4.12. The van der Waals surface area contributed by atoms with E-state index in [9.17, 15) is 0 Å². The molecule has 4 fully saturated rings. The summed E-state index contributed by atoms with van der Waals surface area (Å²) in [5, 5.41) is 3.91. The molecule has 0 spiro atoms. The largest absolute Gasteiger partial charge is 0.307 e. The summed E-state index contributed by atoms with van der Waals surface area (Å²) in [6.07, 6.45) is 8.95. The van der Waals surface area contributed by atoms with Gasteiger partial charge in [0, 0.05) is 12.1 Å². The first-order chi connectivity index (χ1) is 8.06. The molecule has 0 atom stereocenters. The van der Waals surface area contributed by atoms with Crippen molar-refractivity contribution in [1.82, 2.24) is 5.32 Å². The van der Waals surface area contributed by atoms with Crippen molar-refractivity contribution in [1.29, 1.82) is 0 Å². The van der Waals surface area contributed by atoms with Gasteiger partial charge in [-0.25, -0.2) is 0 Å². The molecule has 0 aromatic carbocycles. The van der Waals surface area contributed by atoms with Gasteiger partial charge in [-0.3, -0.25) is 0 Å². The summed E-state index contributed by atoms with van der Waals surface area (Å²) in [6.45, 7) is 9.76. The van der Waals surface area contributed by atoms with E-state index < -0.39 is 0 Å². The van der Waals surface area contributed by atoms with E-state index in [1.165, 1.54) is 44.1 Å². The van der Waals surface area contributed by atoms with Crippen LogP contribution in [0, 0.1) is 23.7 Å². The predicted octanol–water partition coefficient (Wildman–Crippen LogP) is 3.76. The maximum Gasteiger partial charge on any atom is 0.0192 e. The fourth-order valence-electron chi connectivity index (χ4n) is 4.83. The first-order valence-corrected chi connectivity index (χ1v) is 7.49. The maximum absolute atomic E-state index is 4.21. The minimum Gasteiger partial charge on any atom is -0.307 e. The molecule has 4 rings (SSSR count). The highest BCUT2D eigenvalue weighted by atomic mass is 15.0. The van der Waals surface area contributed by atoms with E-state index in [2.05, 4.69) is 25.7 Å². The number of hydrogen-bond acceptors (Lipinski definition) is 1. The summed E-state index contributed by atoms with van der Waals surface area (Å²) in [5.41, 5.74) is 1.88. The van der Waals surface area contributed by atoms with E-state index in [0.29, 0.717) is 11.5 Å². The summed E-state index contributed by atoms with van der Waals surface area (Å²) < 4.78 is 0. The first-order valence-electron chi connectivity index (χ1n) is 7.49. The van der Waals surface area contributed by atoms with Gasteiger partial charge in [0.05, 0.1) is 0 Å². The topological polar surface area (TPSA) is 12.0 Å². The lowest BCUT2D eigenvalue weighted by Crippen LogP contribution is -2.58. The van der Waals surface area contributed by atoms with Gasteiger partial charge in [-0.05, 0) is 62.2 Å². The fourth-order valence-corrected chi connectivity index (χ4v) is 4.83. The van der Waals surface area contributed by atoms with Gasteiger partial charge in [0.1, 0.15) is 0 Å². The van der Waals surface area contributed by atoms with Gasteiger partial charge in [-0.15, -0.1) is 0 Å². The molecule has 1 heteroatoms. The standard InChI is InChI=1S/C16H27N/c1-11(2)12(3)10-17-16-7-13-4-14(8-16)6-15(5-13)9-16/h11,13-15,17H,3-10H2,1-2H3. The van der Waals surface area contributed by atoms with Crippen LogP contribution < -0.4 is 5.32 Å². The molecular weight excluding hydrogens is 206 g/mol. The van der Waals surface area contributed by atoms with Gasteiger partial charge >= 0.3 is 0 Å². The highest BCUT2D eigenvalue weighted by Crippen LogP contribution is 2.55. The summed E-state index contributed by atoms with van der Waals surface area (Å²) in [7, 11) is 0. The Morgan fingerprint density at radius 1 is 1.12 bits per heavy atom. The Balaban J connectivity index is 1.64. The van der Waals surface area contributed by atoms with E-state index in [1.54, 1.807) is 0 Å². The van der Waals surface area contributed by atoms with Gasteiger partial charge in [0.15, 0.2) is 0 Å². The lowest BCUT2D eigenvalue weighted by molar-refractivity contribution is -0.0184. The van der Waals surface area contributed by atoms with Crippen LogP contribution in [0.15, 0.2) is 12.2 Å². The van der Waals surface area contributed by atoms with E-state index in [0.717, 1.165) is 24.3 Å². The van der Waals surface area contributed by atoms with Crippen LogP contribution in [0.5, 0.6) is 0 Å². The highest BCUT2D eigenvalue weighted by Gasteiger charge is 2.50. The van der Waals surface area contributed by atoms with Crippen LogP contribution >= 0.6 is 0 Å². The summed E-state index contributed by atoms with van der Waals surface area (Å²) in [5.74, 6) is 3.75. The van der Waals surface area contributed by atoms with E-state index >= 15 is 0 Å². The van der Waals surface area contributed by atoms with Crippen molar-refractivity contribution in [3.8, 4) is 0 Å². The number of rotatable bonds is 4. The fraction of sp³-hybridized carbons (Fsp3) is 0.875. The summed E-state index contributed by atoms with van der Waals surface area (Å²) in [6, 6.07) is 0. The van der Waals surface area contributed by atoms with Crippen LogP contribution in [0.2, 0.25) is 0 Å². The Kier molecular flexibility index (Phi) is 2.85. The van der Waals surface area contributed by atoms with E-state index in [4.69, 9.17) is 0 Å². The monoisotopic (exact) mass is 233 g/mol. The van der Waals surface area contributed by atoms with Gasteiger partial charge in [-0.2, -0.15) is 0 Å². The molecule has 4 bridgehead atoms. The second-order valence-electron chi connectivity index (χ2n) is 7.36. The van der Waals surface area contributed by atoms with Gasteiger partial charge in [0.2, 0.25) is 0 Å². The third kappa shape index (κ3) is 2.19. The molecule has 1 nitrogen and oxygen atoms in total. The van der Waals surface area contributed by atoms with Crippen molar-refractivity contribution in [2.45, 2.75) is 57.9 Å². The molecule has 4 aliphatic rings. The third-order valence-electron chi connectivity index (χ3n) is 5.55. The molecule has 0 saturated heterocycles. The predicted molar refractivity (Wildman–Crippen MR) is 72.9 cm³/mol. The van der Waals surface area contributed by atoms with E-state index in [-0.39, 0.29) is 0 Å². The van der Waals surface area contributed by atoms with Crippen LogP contribution in [0.25, 0.3) is 0 Å². The summed E-state index contributed by atoms with van der Waals surface area (Å²) in [4.78, 5) is 0. The molecule has 1 N–H and O–H groups in total. The zero-order valence-electron chi connectivity index (χ0n) is 11.5. The Hall–Kier alpha value is -0.300. The van der Waals surface area contributed by atoms with Crippen LogP contribution in [-0.4, -0.2) is 12.1 Å². The van der Waals surface area contributed by atoms with Gasteiger partial charge in [0.25, 0.3) is 0 Å². The average Bonchev–Trinajstić information content (AvgIpc) is 2.24. The zero-order valence-corrected chi connectivity index (χ0v) is 11.5. The van der Waals surface area contributed by atoms with Crippen molar-refractivity contribution in [2.24, 2.45) is 23.7 Å². The van der Waals surface area contributed by atoms with Crippen molar-refractivity contribution >= 4 is 0 Å². The molecule has 4 saturated carbocycles. The molecule has 0 aliphatic heterocycles. The average molecular weight is 233 g/mol. The molecule has 4 aliphatic carbocycles. The number of hydrogen-bond donors (Lipinski definition) is 1. The maximum atomic E-state index is 4.21. The summed E-state index contributed by atoms with van der Waals surface area (Å²) >= 11 is 0. The highest BCUT2D eigenvalue weighted by molar-refractivity contribution is 5.09. The molecule has 96 valence electrons. The Morgan fingerprint density at radius 3 is 2.00 bits per heavy atom. The molecule has 0 radical (unpaired) electrons. The molecule has 0 aromatic rings. The van der Waals surface area contributed by atoms with Crippen LogP contribution in [-0.2, 0) is 0 Å². The van der Waals surface area contributed by atoms with Gasteiger partial charge in [-0.1, -0.05) is 26.0 Å². The number of nitrogens with one attached hydrogen (secondary N) is 1. The molecular formula is C16H27N. The van der Waals surface area contributed by atoms with Crippen molar-refractivity contribution in [3.63, 3.8) is 0 Å². The van der Waals surface area contributed by atoms with Crippen molar-refractivity contribution in [2.75, 3.05) is 6.54 Å². The minimum absolute atomic E-state index is 0.507. The van der Waals surface area contributed by atoms with Gasteiger partial charge < -0.3 is 5.32 Å². The van der Waals surface area contributed by atoms with Crippen molar-refractivity contribution in [3.05, 3.63) is 12.2 Å². The molecule has 0 unspecified atom stereocenters. The Bertz CT molecular complexity index is 280. The normalized spacial score (nSPS) is 43.4. The second-order valence-corrected chi connectivity index (χ2v) is 7.36. The van der Waals surface area contributed by atoms with Crippen LogP contribution in [0.4, 0.5) is 0 Å². The zero-order chi connectivity index (χ0) is 12.0.